The Labute approximate surface area is 213 Å². The zero-order valence-electron chi connectivity index (χ0n) is 22.8. The van der Waals surface area contributed by atoms with Crippen LogP contribution in [0.25, 0.3) is 0 Å². The van der Waals surface area contributed by atoms with Crippen LogP contribution in [0.1, 0.15) is 92.9 Å². The van der Waals surface area contributed by atoms with Crippen LogP contribution in [0.5, 0.6) is 0 Å². The highest BCUT2D eigenvalue weighted by molar-refractivity contribution is 5.81. The van der Waals surface area contributed by atoms with E-state index in [0.717, 1.165) is 36.8 Å². The molecule has 0 aromatic carbocycles. The molecule has 3 N–H and O–H groups in total. The summed E-state index contributed by atoms with van der Waals surface area (Å²) in [5.74, 6) is 1.11. The number of hydrogen-bond donors (Lipinski definition) is 3. The Morgan fingerprint density at radius 3 is 2.43 bits per heavy atom. The van der Waals surface area contributed by atoms with Crippen molar-refractivity contribution in [2.24, 2.45) is 23.2 Å². The summed E-state index contributed by atoms with van der Waals surface area (Å²) in [4.78, 5) is 14.8. The first kappa shape index (κ1) is 28.1. The number of nitrogens with zero attached hydrogens (tertiary/aromatic N) is 1. The molecule has 0 bridgehead atoms. The van der Waals surface area contributed by atoms with E-state index >= 15 is 0 Å². The van der Waals surface area contributed by atoms with Gasteiger partial charge in [0.05, 0.1) is 12.2 Å². The third kappa shape index (κ3) is 5.94. The van der Waals surface area contributed by atoms with E-state index < -0.39 is 18.3 Å². The van der Waals surface area contributed by atoms with Crippen LogP contribution in [0.15, 0.2) is 35.5 Å². The zero-order chi connectivity index (χ0) is 26.1. The first-order valence-electron chi connectivity index (χ1n) is 13.8. The third-order valence-electron chi connectivity index (χ3n) is 9.24. The monoisotopic (exact) mass is 487 g/mol. The second kappa shape index (κ2) is 11.3. The summed E-state index contributed by atoms with van der Waals surface area (Å²) in [6.07, 6.45) is 9.32. The van der Waals surface area contributed by atoms with Crippen molar-refractivity contribution in [3.63, 3.8) is 0 Å². The van der Waals surface area contributed by atoms with E-state index in [9.17, 15) is 20.1 Å². The fraction of sp³-hybridized carbons (Fsp3) is 0.767. The SMILES string of the molecule is C=C1/C(=C\C=C2CCC[C@]3(C)[C@@H]([C@H](C)CC(O)C(=O)N(C(C)C)C(C)C)CC[C@@H]23)C[C@H](O)C[C@H]1O. The van der Waals surface area contributed by atoms with Crippen molar-refractivity contribution in [1.29, 1.82) is 0 Å². The van der Waals surface area contributed by atoms with E-state index in [4.69, 9.17) is 0 Å². The molecule has 3 fully saturated rings. The normalized spacial score (nSPS) is 35.6. The van der Waals surface area contributed by atoms with Crippen LogP contribution in [0.4, 0.5) is 0 Å². The maximum atomic E-state index is 13.0. The van der Waals surface area contributed by atoms with Crippen LogP contribution < -0.4 is 0 Å². The average molecular weight is 488 g/mol. The minimum Gasteiger partial charge on any atom is -0.393 e. The summed E-state index contributed by atoms with van der Waals surface area (Å²) in [5.41, 5.74) is 3.33. The number of aliphatic hydroxyl groups excluding tert-OH is 3. The molecule has 1 amide bonds. The smallest absolute Gasteiger partial charge is 0.251 e. The standard InChI is InChI=1S/C30H49NO4/c1-18(2)31(19(3)4)29(35)28(34)15-20(5)25-12-13-26-22(9-8-14-30(25,26)7)10-11-23-16-24(32)17-27(33)21(23)6/h10-11,18-20,24-28,32-34H,6,8-9,12-17H2,1-5,7H3/b22-10?,23-11-/t20-,24+,25-,26+,27-,28?,30-/m1/s1. The Morgan fingerprint density at radius 2 is 1.80 bits per heavy atom. The van der Waals surface area contributed by atoms with Crippen LogP contribution in [-0.4, -0.2) is 56.5 Å². The molecule has 7 atom stereocenters. The maximum absolute atomic E-state index is 13.0. The number of carbonyl (C=O) groups is 1. The molecular formula is C30H49NO4. The molecule has 3 aliphatic carbocycles. The summed E-state index contributed by atoms with van der Waals surface area (Å²) in [7, 11) is 0. The first-order chi connectivity index (χ1) is 16.4. The first-order valence-corrected chi connectivity index (χ1v) is 13.8. The molecule has 3 saturated carbocycles. The van der Waals surface area contributed by atoms with E-state index in [2.05, 4.69) is 32.6 Å². The average Bonchev–Trinajstić information content (AvgIpc) is 3.12. The highest BCUT2D eigenvalue weighted by Crippen LogP contribution is 2.60. The molecular weight excluding hydrogens is 438 g/mol. The lowest BCUT2D eigenvalue weighted by atomic mass is 9.60. The van der Waals surface area contributed by atoms with Gasteiger partial charge in [0.2, 0.25) is 0 Å². The predicted molar refractivity (Wildman–Crippen MR) is 142 cm³/mol. The summed E-state index contributed by atoms with van der Waals surface area (Å²) < 4.78 is 0. The molecule has 0 radical (unpaired) electrons. The second-order valence-corrected chi connectivity index (χ2v) is 12.3. The zero-order valence-corrected chi connectivity index (χ0v) is 22.8. The van der Waals surface area contributed by atoms with Crippen molar-refractivity contribution in [1.82, 2.24) is 4.90 Å². The van der Waals surface area contributed by atoms with Crippen LogP contribution in [0.2, 0.25) is 0 Å². The van der Waals surface area contributed by atoms with E-state index in [1.807, 2.05) is 27.7 Å². The van der Waals surface area contributed by atoms with E-state index in [1.54, 1.807) is 4.90 Å². The van der Waals surface area contributed by atoms with Crippen molar-refractivity contribution in [3.8, 4) is 0 Å². The van der Waals surface area contributed by atoms with Gasteiger partial charge in [-0.2, -0.15) is 0 Å². The number of allylic oxidation sites excluding steroid dienone is 3. The van der Waals surface area contributed by atoms with Crippen molar-refractivity contribution in [3.05, 3.63) is 35.5 Å². The molecule has 0 spiro atoms. The quantitative estimate of drug-likeness (QED) is 0.463. The fourth-order valence-corrected chi connectivity index (χ4v) is 7.57. The van der Waals surface area contributed by atoms with Gasteiger partial charge in [-0.05, 0) is 107 Å². The molecule has 0 aliphatic heterocycles. The highest BCUT2D eigenvalue weighted by Gasteiger charge is 2.51. The molecule has 5 nitrogen and oxygen atoms in total. The molecule has 0 heterocycles. The summed E-state index contributed by atoms with van der Waals surface area (Å²) >= 11 is 0. The van der Waals surface area contributed by atoms with Gasteiger partial charge in [-0.15, -0.1) is 0 Å². The van der Waals surface area contributed by atoms with Crippen molar-refractivity contribution in [2.75, 3.05) is 0 Å². The predicted octanol–water partition coefficient (Wildman–Crippen LogP) is 5.16. The lowest BCUT2D eigenvalue weighted by Gasteiger charge is -2.45. The Morgan fingerprint density at radius 1 is 1.14 bits per heavy atom. The number of hydrogen-bond acceptors (Lipinski definition) is 4. The van der Waals surface area contributed by atoms with Gasteiger partial charge in [-0.3, -0.25) is 4.79 Å². The lowest BCUT2D eigenvalue weighted by molar-refractivity contribution is -0.145. The molecule has 0 aromatic heterocycles. The molecule has 5 heteroatoms. The van der Waals surface area contributed by atoms with E-state index in [1.165, 1.54) is 12.0 Å². The third-order valence-corrected chi connectivity index (χ3v) is 9.24. The minimum atomic E-state index is -0.948. The van der Waals surface area contributed by atoms with Crippen LogP contribution in [0, 0.1) is 23.2 Å². The van der Waals surface area contributed by atoms with Gasteiger partial charge in [0.15, 0.2) is 0 Å². The Kier molecular flexibility index (Phi) is 9.10. The van der Waals surface area contributed by atoms with Gasteiger partial charge < -0.3 is 20.2 Å². The second-order valence-electron chi connectivity index (χ2n) is 12.3. The molecule has 35 heavy (non-hydrogen) atoms. The topological polar surface area (TPSA) is 81.0 Å². The van der Waals surface area contributed by atoms with Crippen molar-refractivity contribution in [2.45, 2.75) is 123 Å². The molecule has 3 rings (SSSR count). The lowest BCUT2D eigenvalue weighted by Crippen LogP contribution is -2.48. The summed E-state index contributed by atoms with van der Waals surface area (Å²) in [6, 6.07) is 0.145. The summed E-state index contributed by atoms with van der Waals surface area (Å²) in [5, 5.41) is 31.2. The van der Waals surface area contributed by atoms with Gasteiger partial charge in [0.1, 0.15) is 6.10 Å². The van der Waals surface area contributed by atoms with Gasteiger partial charge in [-0.1, -0.05) is 38.2 Å². The van der Waals surface area contributed by atoms with Gasteiger partial charge >= 0.3 is 0 Å². The van der Waals surface area contributed by atoms with Crippen molar-refractivity contribution < 1.29 is 20.1 Å². The number of fused-ring (bicyclic) bond motifs is 1. The molecule has 0 saturated heterocycles. The molecule has 1 unspecified atom stereocenters. The van der Waals surface area contributed by atoms with Crippen LogP contribution >= 0.6 is 0 Å². The summed E-state index contributed by atoms with van der Waals surface area (Å²) in [6.45, 7) is 16.7. The molecule has 198 valence electrons. The van der Waals surface area contributed by atoms with Crippen LogP contribution in [0.3, 0.4) is 0 Å². The van der Waals surface area contributed by atoms with E-state index in [-0.39, 0.29) is 29.3 Å². The largest absolute Gasteiger partial charge is 0.393 e. The Bertz CT molecular complexity index is 835. The highest BCUT2D eigenvalue weighted by atomic mass is 16.3. The molecule has 3 aliphatic rings. The van der Waals surface area contributed by atoms with E-state index in [0.29, 0.717) is 31.1 Å². The van der Waals surface area contributed by atoms with Gasteiger partial charge in [0, 0.05) is 18.5 Å². The number of carbonyl (C=O) groups excluding carboxylic acids is 1. The Hall–Kier alpha value is -1.43. The number of amides is 1. The van der Waals surface area contributed by atoms with Gasteiger partial charge in [0.25, 0.3) is 5.91 Å². The number of rotatable bonds is 7. The minimum absolute atomic E-state index is 0.0727. The number of aliphatic hydroxyl groups is 3. The van der Waals surface area contributed by atoms with Gasteiger partial charge in [-0.25, -0.2) is 0 Å². The molecule has 0 aromatic rings. The Balaban J connectivity index is 1.73. The maximum Gasteiger partial charge on any atom is 0.251 e. The van der Waals surface area contributed by atoms with Crippen molar-refractivity contribution >= 4 is 5.91 Å². The fourth-order valence-electron chi connectivity index (χ4n) is 7.57. The van der Waals surface area contributed by atoms with Crippen LogP contribution in [-0.2, 0) is 4.79 Å².